The van der Waals surface area contributed by atoms with Gasteiger partial charge in [0.15, 0.2) is 0 Å². The topological polar surface area (TPSA) is 129 Å². The van der Waals surface area contributed by atoms with Crippen LogP contribution >= 0.6 is 0 Å². The predicted molar refractivity (Wildman–Crippen MR) is 96.5 cm³/mol. The van der Waals surface area contributed by atoms with Gasteiger partial charge in [-0.1, -0.05) is 6.07 Å². The Morgan fingerprint density at radius 3 is 2.75 bits per heavy atom. The first-order valence-corrected chi connectivity index (χ1v) is 9.54. The van der Waals surface area contributed by atoms with Crippen LogP contribution in [0.25, 0.3) is 0 Å². The van der Waals surface area contributed by atoms with E-state index < -0.39 is 19.2 Å². The van der Waals surface area contributed by atoms with E-state index in [1.165, 1.54) is 0 Å². The highest BCUT2D eigenvalue weighted by atomic mass is 16.5. The molecule has 0 radical (unpaired) electrons. The minimum absolute atomic E-state index is 0.0369. The van der Waals surface area contributed by atoms with Crippen molar-refractivity contribution >= 4 is 19.0 Å². The summed E-state index contributed by atoms with van der Waals surface area (Å²) in [5.41, 5.74) is 0.726. The first kappa shape index (κ1) is 17.8. The number of nitrogens with zero attached hydrogens (tertiary/aromatic N) is 1. The SMILES string of the molecule is O=C(O)c1c(OC2CN(C(=O)C3CC(O)CN3)C2)ccc2c1OB(O)[C@@H]1C[C@H]21. The van der Waals surface area contributed by atoms with Gasteiger partial charge in [-0.05, 0) is 30.4 Å². The van der Waals surface area contributed by atoms with Gasteiger partial charge in [-0.15, -0.1) is 0 Å². The number of carbonyl (C=O) groups excluding carboxylic acids is 1. The summed E-state index contributed by atoms with van der Waals surface area (Å²) in [5.74, 6) is -0.704. The number of hydrogen-bond donors (Lipinski definition) is 4. The third-order valence-electron chi connectivity index (χ3n) is 6.07. The Kier molecular flexibility index (Phi) is 4.04. The molecule has 2 saturated heterocycles. The van der Waals surface area contributed by atoms with E-state index >= 15 is 0 Å². The number of nitrogens with one attached hydrogen (secondary N) is 1. The summed E-state index contributed by atoms with van der Waals surface area (Å²) in [6.07, 6.45) is 0.374. The summed E-state index contributed by atoms with van der Waals surface area (Å²) in [4.78, 5) is 25.9. The number of benzene rings is 1. The Hall–Kier alpha value is -2.30. The first-order valence-electron chi connectivity index (χ1n) is 9.54. The molecule has 28 heavy (non-hydrogen) atoms. The zero-order valence-corrected chi connectivity index (χ0v) is 15.1. The number of aromatic carboxylic acids is 1. The van der Waals surface area contributed by atoms with Gasteiger partial charge in [0.2, 0.25) is 5.91 Å². The van der Waals surface area contributed by atoms with Crippen LogP contribution in [0.1, 0.15) is 34.7 Å². The largest absolute Gasteiger partial charge is 0.535 e. The average molecular weight is 388 g/mol. The Labute approximate surface area is 161 Å². The molecule has 2 unspecified atom stereocenters. The summed E-state index contributed by atoms with van der Waals surface area (Å²) < 4.78 is 11.3. The third kappa shape index (κ3) is 2.83. The number of likely N-dealkylation sites (tertiary alicyclic amines) is 1. The molecule has 3 heterocycles. The van der Waals surface area contributed by atoms with Crippen LogP contribution in [0, 0.1) is 0 Å². The Morgan fingerprint density at radius 1 is 1.29 bits per heavy atom. The van der Waals surface area contributed by atoms with Crippen molar-refractivity contribution in [3.8, 4) is 11.5 Å². The standard InChI is InChI=1S/C18H21BN2O7/c22-8-3-13(20-5-8)17(23)21-6-9(7-21)27-14-2-1-10-11-4-12(11)19(26)28-16(10)15(14)18(24)25/h1-2,8-9,11-13,20,22,26H,3-7H2,(H,24,25)/t8?,11-,12-,13?/m1/s1. The molecule has 0 bridgehead atoms. The number of carboxylic acids is 1. The second-order valence-corrected chi connectivity index (χ2v) is 8.01. The molecule has 3 aliphatic heterocycles. The van der Waals surface area contributed by atoms with Gasteiger partial charge in [0.05, 0.1) is 25.2 Å². The highest BCUT2D eigenvalue weighted by molar-refractivity contribution is 6.48. The van der Waals surface area contributed by atoms with Gasteiger partial charge >= 0.3 is 13.1 Å². The lowest BCUT2D eigenvalue weighted by Crippen LogP contribution is -2.59. The Bertz CT molecular complexity index is 843. The molecule has 9 nitrogen and oxygen atoms in total. The Morgan fingerprint density at radius 2 is 2.07 bits per heavy atom. The van der Waals surface area contributed by atoms with E-state index in [0.29, 0.717) is 26.1 Å². The van der Waals surface area contributed by atoms with Gasteiger partial charge in [0.25, 0.3) is 0 Å². The van der Waals surface area contributed by atoms with Crippen LogP contribution in [0.3, 0.4) is 0 Å². The van der Waals surface area contributed by atoms with Gasteiger partial charge in [0.1, 0.15) is 23.2 Å². The van der Waals surface area contributed by atoms with Crippen LogP contribution in [-0.2, 0) is 4.79 Å². The van der Waals surface area contributed by atoms with Crippen LogP contribution in [0.15, 0.2) is 12.1 Å². The fourth-order valence-corrected chi connectivity index (χ4v) is 4.39. The highest BCUT2D eigenvalue weighted by Crippen LogP contribution is 2.60. The minimum atomic E-state index is -1.17. The lowest BCUT2D eigenvalue weighted by molar-refractivity contribution is -0.142. The molecular formula is C18H21BN2O7. The molecule has 10 heteroatoms. The van der Waals surface area contributed by atoms with Crippen molar-refractivity contribution in [1.82, 2.24) is 10.2 Å². The normalized spacial score (nSPS) is 30.8. The maximum absolute atomic E-state index is 12.4. The number of carboxylic acid groups (broad SMARTS) is 1. The summed E-state index contributed by atoms with van der Waals surface area (Å²) in [6.45, 7) is 1.13. The molecule has 148 valence electrons. The molecule has 4 atom stereocenters. The van der Waals surface area contributed by atoms with Crippen molar-refractivity contribution in [2.24, 2.45) is 0 Å². The van der Waals surface area contributed by atoms with Gasteiger partial charge in [-0.3, -0.25) is 4.79 Å². The van der Waals surface area contributed by atoms with Crippen LogP contribution in [0.5, 0.6) is 11.5 Å². The van der Waals surface area contributed by atoms with E-state index in [1.807, 2.05) is 0 Å². The highest BCUT2D eigenvalue weighted by Gasteiger charge is 2.54. The number of amides is 1. The third-order valence-corrected chi connectivity index (χ3v) is 6.07. The number of aliphatic hydroxyl groups is 1. The lowest BCUT2D eigenvalue weighted by Gasteiger charge is -2.40. The average Bonchev–Trinajstić information content (AvgIpc) is 3.31. The zero-order chi connectivity index (χ0) is 19.6. The molecule has 1 aromatic carbocycles. The van der Waals surface area contributed by atoms with Crippen LogP contribution in [-0.4, -0.2) is 77.0 Å². The van der Waals surface area contributed by atoms with Gasteiger partial charge in [-0.2, -0.15) is 0 Å². The molecule has 4 aliphatic rings. The maximum Gasteiger partial charge on any atom is 0.526 e. The quantitative estimate of drug-likeness (QED) is 0.505. The first-order chi connectivity index (χ1) is 13.4. The fraction of sp³-hybridized carbons (Fsp3) is 0.556. The second kappa shape index (κ2) is 6.36. The summed E-state index contributed by atoms with van der Waals surface area (Å²) >= 11 is 0. The van der Waals surface area contributed by atoms with Gasteiger partial charge in [-0.25, -0.2) is 4.79 Å². The maximum atomic E-state index is 12.4. The van der Waals surface area contributed by atoms with Gasteiger partial charge in [0, 0.05) is 12.4 Å². The van der Waals surface area contributed by atoms with E-state index in [0.717, 1.165) is 12.0 Å². The molecule has 0 aromatic heterocycles. The number of aliphatic hydroxyl groups excluding tert-OH is 1. The molecule has 4 N–H and O–H groups in total. The molecule has 0 spiro atoms. The molecule has 3 fully saturated rings. The summed E-state index contributed by atoms with van der Waals surface area (Å²) in [5, 5.41) is 32.2. The number of ether oxygens (including phenoxy) is 1. The number of carbonyl (C=O) groups is 2. The zero-order valence-electron chi connectivity index (χ0n) is 15.1. The Balaban J connectivity index is 1.28. The smallest absolute Gasteiger partial charge is 0.526 e. The van der Waals surface area contributed by atoms with Crippen molar-refractivity contribution in [3.63, 3.8) is 0 Å². The van der Waals surface area contributed by atoms with Crippen molar-refractivity contribution in [2.75, 3.05) is 19.6 Å². The number of fused-ring (bicyclic) bond motifs is 3. The number of β-amino-alcohol motifs (C(OH)–C–C–N with tert-alkyl or cyclic N) is 1. The van der Waals surface area contributed by atoms with Crippen molar-refractivity contribution in [1.29, 1.82) is 0 Å². The molecule has 1 aliphatic carbocycles. The number of hydrogen-bond acceptors (Lipinski definition) is 7. The van der Waals surface area contributed by atoms with E-state index in [9.17, 15) is 24.8 Å². The molecule has 1 amide bonds. The molecule has 1 saturated carbocycles. The van der Waals surface area contributed by atoms with Crippen LogP contribution in [0.4, 0.5) is 0 Å². The van der Waals surface area contributed by atoms with E-state index in [4.69, 9.17) is 9.39 Å². The number of rotatable bonds is 4. The second-order valence-electron chi connectivity index (χ2n) is 8.01. The van der Waals surface area contributed by atoms with Crippen LogP contribution < -0.4 is 14.7 Å². The molecule has 5 rings (SSSR count). The van der Waals surface area contributed by atoms with Crippen LogP contribution in [0.2, 0.25) is 5.82 Å². The van der Waals surface area contributed by atoms with E-state index in [-0.39, 0.29) is 46.9 Å². The molecule has 1 aromatic rings. The van der Waals surface area contributed by atoms with Gasteiger partial charge < -0.3 is 34.8 Å². The minimum Gasteiger partial charge on any atom is -0.535 e. The summed E-state index contributed by atoms with van der Waals surface area (Å²) in [7, 11) is -0.989. The molecular weight excluding hydrogens is 367 g/mol. The van der Waals surface area contributed by atoms with Crippen molar-refractivity contribution < 1.29 is 34.2 Å². The predicted octanol–water partition coefficient (Wildman–Crippen LogP) is -0.572. The van der Waals surface area contributed by atoms with E-state index in [2.05, 4.69) is 5.32 Å². The monoisotopic (exact) mass is 388 g/mol. The lowest BCUT2D eigenvalue weighted by atomic mass is 9.77. The summed E-state index contributed by atoms with van der Waals surface area (Å²) in [6, 6.07) is 3.06. The fourth-order valence-electron chi connectivity index (χ4n) is 4.39. The van der Waals surface area contributed by atoms with Crippen molar-refractivity contribution in [3.05, 3.63) is 23.3 Å². The van der Waals surface area contributed by atoms with E-state index in [1.54, 1.807) is 17.0 Å². The van der Waals surface area contributed by atoms with Crippen molar-refractivity contribution in [2.45, 2.75) is 42.8 Å².